The summed E-state index contributed by atoms with van der Waals surface area (Å²) in [5, 5.41) is 8.59. The number of carboxylic acid groups (broad SMARTS) is 1. The summed E-state index contributed by atoms with van der Waals surface area (Å²) in [6.07, 6.45) is -4.70. The number of rotatable bonds is 4. The Labute approximate surface area is 120 Å². The number of hydrogen-bond acceptors (Lipinski definition) is 3. The second-order valence-corrected chi connectivity index (χ2v) is 4.82. The Balaban J connectivity index is 3.06. The highest BCUT2D eigenvalue weighted by Crippen LogP contribution is 2.22. The van der Waals surface area contributed by atoms with E-state index in [1.54, 1.807) is 0 Å². The summed E-state index contributed by atoms with van der Waals surface area (Å²) in [4.78, 5) is 22.7. The van der Waals surface area contributed by atoms with Crippen molar-refractivity contribution in [3.05, 3.63) is 28.2 Å². The van der Waals surface area contributed by atoms with Crippen molar-refractivity contribution in [2.24, 2.45) is 0 Å². The summed E-state index contributed by atoms with van der Waals surface area (Å²) in [5.74, 6) is -2.63. The Hall–Kier alpha value is -1.77. The summed E-state index contributed by atoms with van der Waals surface area (Å²) < 4.78 is 37.7. The number of benzene rings is 1. The van der Waals surface area contributed by atoms with Crippen LogP contribution >= 0.6 is 15.9 Å². The fourth-order valence-electron chi connectivity index (χ4n) is 1.48. The number of nitrogens with zero attached hydrogens (tertiary/aromatic N) is 1. The second kappa shape index (κ2) is 6.12. The van der Waals surface area contributed by atoms with E-state index in [1.807, 2.05) is 0 Å². The highest BCUT2D eigenvalue weighted by Gasteiger charge is 2.34. The van der Waals surface area contributed by atoms with Gasteiger partial charge in [-0.15, -0.1) is 0 Å². The molecule has 0 saturated heterocycles. The van der Waals surface area contributed by atoms with Gasteiger partial charge < -0.3 is 15.7 Å². The maximum Gasteiger partial charge on any atom is 0.406 e. The monoisotopic (exact) mass is 354 g/mol. The molecule has 0 fully saturated rings. The first-order valence-electron chi connectivity index (χ1n) is 5.23. The van der Waals surface area contributed by atoms with Crippen LogP contribution in [0.25, 0.3) is 0 Å². The van der Waals surface area contributed by atoms with Crippen molar-refractivity contribution in [1.82, 2.24) is 4.90 Å². The SMILES string of the molecule is Nc1cc(Br)ccc1C(=O)N(CC(=O)O)CC(F)(F)F. The van der Waals surface area contributed by atoms with Crippen molar-refractivity contribution in [2.75, 3.05) is 18.8 Å². The zero-order valence-electron chi connectivity index (χ0n) is 9.95. The maximum absolute atomic E-state index is 12.4. The van der Waals surface area contributed by atoms with Crippen molar-refractivity contribution in [3.8, 4) is 0 Å². The Bertz CT molecular complexity index is 534. The Morgan fingerprint density at radius 1 is 1.35 bits per heavy atom. The third-order valence-corrected chi connectivity index (χ3v) is 2.72. The lowest BCUT2D eigenvalue weighted by Gasteiger charge is -2.22. The van der Waals surface area contributed by atoms with Crippen LogP contribution in [0.4, 0.5) is 18.9 Å². The topological polar surface area (TPSA) is 83.6 Å². The fourth-order valence-corrected chi connectivity index (χ4v) is 1.86. The molecule has 1 rings (SSSR count). The minimum atomic E-state index is -4.70. The number of carboxylic acids is 1. The molecular formula is C11H10BrF3N2O3. The van der Waals surface area contributed by atoms with Gasteiger partial charge in [-0.05, 0) is 18.2 Å². The van der Waals surface area contributed by atoms with E-state index in [0.717, 1.165) is 0 Å². The molecule has 1 aromatic carbocycles. The first kappa shape index (κ1) is 16.3. The lowest BCUT2D eigenvalue weighted by atomic mass is 10.1. The van der Waals surface area contributed by atoms with Gasteiger partial charge in [-0.25, -0.2) is 0 Å². The van der Waals surface area contributed by atoms with E-state index in [-0.39, 0.29) is 16.2 Å². The molecule has 0 atom stereocenters. The van der Waals surface area contributed by atoms with Crippen molar-refractivity contribution in [3.63, 3.8) is 0 Å². The van der Waals surface area contributed by atoms with Gasteiger partial charge in [0.05, 0.1) is 5.56 Å². The van der Waals surface area contributed by atoms with Crippen LogP contribution in [0.3, 0.4) is 0 Å². The van der Waals surface area contributed by atoms with Gasteiger partial charge in [-0.2, -0.15) is 13.2 Å². The molecule has 110 valence electrons. The van der Waals surface area contributed by atoms with E-state index < -0.39 is 31.1 Å². The zero-order valence-corrected chi connectivity index (χ0v) is 11.5. The third kappa shape index (κ3) is 4.72. The van der Waals surface area contributed by atoms with Crippen LogP contribution in [0, 0.1) is 0 Å². The van der Waals surface area contributed by atoms with Gasteiger partial charge in [0, 0.05) is 10.2 Å². The van der Waals surface area contributed by atoms with Crippen molar-refractivity contribution < 1.29 is 27.9 Å². The first-order chi connectivity index (χ1) is 9.10. The third-order valence-electron chi connectivity index (χ3n) is 2.23. The average molecular weight is 355 g/mol. The van der Waals surface area contributed by atoms with E-state index in [4.69, 9.17) is 10.8 Å². The minimum Gasteiger partial charge on any atom is -0.480 e. The van der Waals surface area contributed by atoms with Crippen molar-refractivity contribution in [1.29, 1.82) is 0 Å². The number of hydrogen-bond donors (Lipinski definition) is 2. The molecule has 20 heavy (non-hydrogen) atoms. The molecule has 0 aliphatic heterocycles. The van der Waals surface area contributed by atoms with Gasteiger partial charge in [0.25, 0.3) is 5.91 Å². The predicted octanol–water partition coefficient (Wildman–Crippen LogP) is 2.12. The predicted molar refractivity (Wildman–Crippen MR) is 68.1 cm³/mol. The van der Waals surface area contributed by atoms with Crippen LogP contribution in [-0.4, -0.2) is 41.1 Å². The number of halogens is 4. The summed E-state index contributed by atoms with van der Waals surface area (Å²) in [5.41, 5.74) is 5.33. The minimum absolute atomic E-state index is 0.0399. The van der Waals surface area contributed by atoms with Gasteiger partial charge in [0.2, 0.25) is 0 Å². The molecule has 0 aromatic heterocycles. The number of carbonyl (C=O) groups excluding carboxylic acids is 1. The molecule has 3 N–H and O–H groups in total. The number of anilines is 1. The van der Waals surface area contributed by atoms with Crippen LogP contribution in [-0.2, 0) is 4.79 Å². The van der Waals surface area contributed by atoms with Gasteiger partial charge in [-0.3, -0.25) is 9.59 Å². The molecular weight excluding hydrogens is 345 g/mol. The van der Waals surface area contributed by atoms with Crippen LogP contribution in [0.5, 0.6) is 0 Å². The Kier molecular flexibility index (Phi) is 4.98. The van der Waals surface area contributed by atoms with Crippen LogP contribution < -0.4 is 5.73 Å². The molecule has 0 spiro atoms. The molecule has 0 bridgehead atoms. The molecule has 0 aliphatic rings. The Morgan fingerprint density at radius 2 is 1.95 bits per heavy atom. The van der Waals surface area contributed by atoms with Crippen molar-refractivity contribution >= 4 is 33.5 Å². The number of carbonyl (C=O) groups is 2. The first-order valence-corrected chi connectivity index (χ1v) is 6.02. The molecule has 5 nitrogen and oxygen atoms in total. The van der Waals surface area contributed by atoms with E-state index in [1.165, 1.54) is 18.2 Å². The lowest BCUT2D eigenvalue weighted by Crippen LogP contribution is -2.42. The van der Waals surface area contributed by atoms with Crippen LogP contribution in [0.1, 0.15) is 10.4 Å². The summed E-state index contributed by atoms with van der Waals surface area (Å²) in [7, 11) is 0. The van der Waals surface area contributed by atoms with Gasteiger partial charge in [-0.1, -0.05) is 15.9 Å². The molecule has 0 saturated carbocycles. The lowest BCUT2D eigenvalue weighted by molar-refractivity contribution is -0.149. The highest BCUT2D eigenvalue weighted by molar-refractivity contribution is 9.10. The van der Waals surface area contributed by atoms with Gasteiger partial charge in [0.1, 0.15) is 13.1 Å². The van der Waals surface area contributed by atoms with E-state index in [0.29, 0.717) is 4.47 Å². The van der Waals surface area contributed by atoms with Crippen LogP contribution in [0.15, 0.2) is 22.7 Å². The van der Waals surface area contributed by atoms with E-state index in [9.17, 15) is 22.8 Å². The molecule has 1 amide bonds. The van der Waals surface area contributed by atoms with E-state index in [2.05, 4.69) is 15.9 Å². The smallest absolute Gasteiger partial charge is 0.406 e. The van der Waals surface area contributed by atoms with Crippen molar-refractivity contribution in [2.45, 2.75) is 6.18 Å². The number of amides is 1. The van der Waals surface area contributed by atoms with Gasteiger partial charge >= 0.3 is 12.1 Å². The zero-order chi connectivity index (χ0) is 15.5. The number of aliphatic carboxylic acids is 1. The largest absolute Gasteiger partial charge is 0.480 e. The number of alkyl halides is 3. The molecule has 0 unspecified atom stereocenters. The Morgan fingerprint density at radius 3 is 2.40 bits per heavy atom. The standard InChI is InChI=1S/C11H10BrF3N2O3/c12-6-1-2-7(8(16)3-6)10(20)17(4-9(18)19)5-11(13,14)15/h1-3H,4-5,16H2,(H,18,19). The molecule has 0 heterocycles. The van der Waals surface area contributed by atoms with Crippen LogP contribution in [0.2, 0.25) is 0 Å². The second-order valence-electron chi connectivity index (χ2n) is 3.90. The number of nitrogen functional groups attached to an aromatic ring is 1. The fraction of sp³-hybridized carbons (Fsp3) is 0.273. The normalized spacial score (nSPS) is 11.2. The molecule has 9 heteroatoms. The summed E-state index contributed by atoms with van der Waals surface area (Å²) in [6.45, 7) is -2.72. The highest BCUT2D eigenvalue weighted by atomic mass is 79.9. The quantitative estimate of drug-likeness (QED) is 0.811. The summed E-state index contributed by atoms with van der Waals surface area (Å²) in [6, 6.07) is 4.00. The molecule has 0 aliphatic carbocycles. The molecule has 0 radical (unpaired) electrons. The molecule has 1 aromatic rings. The van der Waals surface area contributed by atoms with E-state index >= 15 is 0 Å². The summed E-state index contributed by atoms with van der Waals surface area (Å²) >= 11 is 3.09. The van der Waals surface area contributed by atoms with Gasteiger partial charge in [0.15, 0.2) is 0 Å². The average Bonchev–Trinajstić information content (AvgIpc) is 2.24. The maximum atomic E-state index is 12.4. The number of nitrogens with two attached hydrogens (primary N) is 1.